The molecule has 7 heteroatoms. The first-order valence-corrected chi connectivity index (χ1v) is 9.71. The van der Waals surface area contributed by atoms with Crippen LogP contribution in [0.4, 0.5) is 10.5 Å². The van der Waals surface area contributed by atoms with Gasteiger partial charge in [-0.2, -0.15) is 0 Å². The largest absolute Gasteiger partial charge is 0.491 e. The average molecular weight is 381 g/mol. The molecule has 142 valence electrons. The van der Waals surface area contributed by atoms with Crippen LogP contribution in [-0.2, 0) is 9.47 Å². The van der Waals surface area contributed by atoms with E-state index in [-0.39, 0.29) is 11.6 Å². The Morgan fingerprint density at radius 3 is 3.00 bits per heavy atom. The van der Waals surface area contributed by atoms with E-state index in [1.807, 2.05) is 6.07 Å². The fourth-order valence-electron chi connectivity index (χ4n) is 3.63. The SMILES string of the molecule is O=C(Nc1cc(Cl)ccc1OCC1CCC1)N1CCOC2(CCOC2)C1. The lowest BCUT2D eigenvalue weighted by atomic mass is 9.86. The normalized spacial score (nSPS) is 26.0. The Bertz CT molecular complexity index is 659. The second kappa shape index (κ2) is 7.62. The number of hydrogen-bond donors (Lipinski definition) is 1. The van der Waals surface area contributed by atoms with Gasteiger partial charge in [0.1, 0.15) is 11.4 Å². The van der Waals surface area contributed by atoms with Crippen molar-refractivity contribution in [2.75, 3.05) is 44.8 Å². The number of carbonyl (C=O) groups excluding carboxylic acids is 1. The number of benzene rings is 1. The lowest BCUT2D eigenvalue weighted by molar-refractivity contribution is -0.0964. The van der Waals surface area contributed by atoms with Crippen LogP contribution in [0, 0.1) is 5.92 Å². The summed E-state index contributed by atoms with van der Waals surface area (Å²) < 4.78 is 17.3. The number of amides is 2. The van der Waals surface area contributed by atoms with E-state index >= 15 is 0 Å². The maximum atomic E-state index is 12.8. The molecular weight excluding hydrogens is 356 g/mol. The van der Waals surface area contributed by atoms with Crippen LogP contribution in [0.3, 0.4) is 0 Å². The molecule has 1 N–H and O–H groups in total. The van der Waals surface area contributed by atoms with Crippen LogP contribution in [0.5, 0.6) is 5.75 Å². The predicted octanol–water partition coefficient (Wildman–Crippen LogP) is 3.54. The van der Waals surface area contributed by atoms with E-state index in [0.717, 1.165) is 6.42 Å². The van der Waals surface area contributed by atoms with Gasteiger partial charge in [0.2, 0.25) is 0 Å². The number of rotatable bonds is 4. The van der Waals surface area contributed by atoms with Crippen molar-refractivity contribution in [3.05, 3.63) is 23.2 Å². The maximum Gasteiger partial charge on any atom is 0.322 e. The first-order chi connectivity index (χ1) is 12.6. The Balaban J connectivity index is 1.42. The number of carbonyl (C=O) groups is 1. The molecule has 1 saturated carbocycles. The zero-order valence-corrected chi connectivity index (χ0v) is 15.6. The molecule has 1 aliphatic carbocycles. The number of nitrogens with one attached hydrogen (secondary N) is 1. The summed E-state index contributed by atoms with van der Waals surface area (Å²) in [6.07, 6.45) is 4.53. The van der Waals surface area contributed by atoms with Crippen LogP contribution >= 0.6 is 11.6 Å². The van der Waals surface area contributed by atoms with Crippen LogP contribution in [0.15, 0.2) is 18.2 Å². The van der Waals surface area contributed by atoms with Gasteiger partial charge in [-0.25, -0.2) is 4.79 Å². The second-order valence-electron chi connectivity index (χ2n) is 7.43. The second-order valence-corrected chi connectivity index (χ2v) is 7.87. The minimum atomic E-state index is -0.354. The Morgan fingerprint density at radius 2 is 2.27 bits per heavy atom. The number of hydrogen-bond acceptors (Lipinski definition) is 4. The van der Waals surface area contributed by atoms with Gasteiger partial charge in [0.15, 0.2) is 0 Å². The van der Waals surface area contributed by atoms with Crippen molar-refractivity contribution in [3.63, 3.8) is 0 Å². The molecule has 1 aromatic rings. The molecule has 1 unspecified atom stereocenters. The highest BCUT2D eigenvalue weighted by Gasteiger charge is 2.41. The highest BCUT2D eigenvalue weighted by Crippen LogP contribution is 2.33. The minimum absolute atomic E-state index is 0.157. The molecule has 3 aliphatic rings. The van der Waals surface area contributed by atoms with Gasteiger partial charge in [0.05, 0.1) is 32.1 Å². The van der Waals surface area contributed by atoms with Crippen molar-refractivity contribution in [2.45, 2.75) is 31.3 Å². The lowest BCUT2D eigenvalue weighted by Crippen LogP contribution is -2.55. The first kappa shape index (κ1) is 17.9. The molecule has 3 fully saturated rings. The smallest absolute Gasteiger partial charge is 0.322 e. The number of halogens is 1. The molecule has 0 aromatic heterocycles. The van der Waals surface area contributed by atoms with Crippen molar-refractivity contribution < 1.29 is 19.0 Å². The van der Waals surface area contributed by atoms with E-state index in [4.69, 9.17) is 25.8 Å². The summed E-state index contributed by atoms with van der Waals surface area (Å²) in [4.78, 5) is 14.6. The molecule has 6 nitrogen and oxygen atoms in total. The molecule has 1 spiro atoms. The van der Waals surface area contributed by atoms with E-state index < -0.39 is 0 Å². The van der Waals surface area contributed by atoms with Crippen molar-refractivity contribution in [1.29, 1.82) is 0 Å². The van der Waals surface area contributed by atoms with E-state index in [9.17, 15) is 4.79 Å². The maximum absolute atomic E-state index is 12.8. The summed E-state index contributed by atoms with van der Waals surface area (Å²) in [5.41, 5.74) is 0.262. The van der Waals surface area contributed by atoms with Gasteiger partial charge in [-0.05, 0) is 37.0 Å². The quantitative estimate of drug-likeness (QED) is 0.867. The van der Waals surface area contributed by atoms with Gasteiger partial charge >= 0.3 is 6.03 Å². The van der Waals surface area contributed by atoms with Gasteiger partial charge in [0, 0.05) is 24.6 Å². The molecule has 0 bridgehead atoms. The van der Waals surface area contributed by atoms with Gasteiger partial charge in [0.25, 0.3) is 0 Å². The first-order valence-electron chi connectivity index (χ1n) is 9.34. The summed E-state index contributed by atoms with van der Waals surface area (Å²) in [6.45, 7) is 3.54. The fourth-order valence-corrected chi connectivity index (χ4v) is 3.80. The molecule has 1 aromatic carbocycles. The van der Waals surface area contributed by atoms with Gasteiger partial charge in [-0.3, -0.25) is 0 Å². The summed E-state index contributed by atoms with van der Waals surface area (Å²) in [7, 11) is 0. The molecule has 2 aliphatic heterocycles. The Morgan fingerprint density at radius 1 is 1.38 bits per heavy atom. The monoisotopic (exact) mass is 380 g/mol. The van der Waals surface area contributed by atoms with Gasteiger partial charge < -0.3 is 24.4 Å². The number of morpholine rings is 1. The fraction of sp³-hybridized carbons (Fsp3) is 0.632. The zero-order chi connectivity index (χ0) is 18.0. The minimum Gasteiger partial charge on any atom is -0.491 e. The van der Waals surface area contributed by atoms with Gasteiger partial charge in [-0.1, -0.05) is 18.0 Å². The van der Waals surface area contributed by atoms with Crippen LogP contribution in [0.25, 0.3) is 0 Å². The predicted molar refractivity (Wildman–Crippen MR) is 99.0 cm³/mol. The van der Waals surface area contributed by atoms with Crippen molar-refractivity contribution in [1.82, 2.24) is 4.90 Å². The van der Waals surface area contributed by atoms with Crippen LogP contribution in [-0.4, -0.2) is 56.0 Å². The van der Waals surface area contributed by atoms with Crippen LogP contribution in [0.2, 0.25) is 5.02 Å². The third-order valence-corrected chi connectivity index (χ3v) is 5.72. The topological polar surface area (TPSA) is 60.0 Å². The summed E-state index contributed by atoms with van der Waals surface area (Å²) in [6, 6.07) is 5.19. The van der Waals surface area contributed by atoms with Crippen molar-refractivity contribution >= 4 is 23.3 Å². The summed E-state index contributed by atoms with van der Waals surface area (Å²) >= 11 is 6.13. The van der Waals surface area contributed by atoms with E-state index in [2.05, 4.69) is 5.32 Å². The molecule has 2 heterocycles. The number of ether oxygens (including phenoxy) is 3. The Hall–Kier alpha value is -1.50. The number of anilines is 1. The highest BCUT2D eigenvalue weighted by atomic mass is 35.5. The zero-order valence-electron chi connectivity index (χ0n) is 14.8. The van der Waals surface area contributed by atoms with E-state index in [1.54, 1.807) is 17.0 Å². The third-order valence-electron chi connectivity index (χ3n) is 5.49. The molecule has 26 heavy (non-hydrogen) atoms. The summed E-state index contributed by atoms with van der Waals surface area (Å²) in [5, 5.41) is 3.54. The van der Waals surface area contributed by atoms with E-state index in [1.165, 1.54) is 19.3 Å². The lowest BCUT2D eigenvalue weighted by Gasteiger charge is -2.39. The number of urea groups is 1. The molecule has 2 amide bonds. The van der Waals surface area contributed by atoms with E-state index in [0.29, 0.717) is 61.9 Å². The Labute approximate surface area is 158 Å². The van der Waals surface area contributed by atoms with Crippen LogP contribution in [0.1, 0.15) is 25.7 Å². The molecule has 2 saturated heterocycles. The van der Waals surface area contributed by atoms with Crippen molar-refractivity contribution in [2.24, 2.45) is 5.92 Å². The molecule has 4 rings (SSSR count). The Kier molecular flexibility index (Phi) is 5.25. The molecule has 1 atom stereocenters. The number of nitrogens with zero attached hydrogens (tertiary/aromatic N) is 1. The van der Waals surface area contributed by atoms with Crippen LogP contribution < -0.4 is 10.1 Å². The molecular formula is C19H25ClN2O4. The standard InChI is InChI=1S/C19H25ClN2O4/c20-15-4-5-17(25-11-14-2-1-3-14)16(10-15)21-18(23)22-7-9-26-19(12-22)6-8-24-13-19/h4-5,10,14H,1-3,6-9,11-13H2,(H,21,23). The van der Waals surface area contributed by atoms with Crippen molar-refractivity contribution in [3.8, 4) is 5.75 Å². The summed E-state index contributed by atoms with van der Waals surface area (Å²) in [5.74, 6) is 1.29. The molecule has 0 radical (unpaired) electrons. The average Bonchev–Trinajstić information content (AvgIpc) is 3.03. The highest BCUT2D eigenvalue weighted by molar-refractivity contribution is 6.31. The van der Waals surface area contributed by atoms with Gasteiger partial charge in [-0.15, -0.1) is 0 Å². The third kappa shape index (κ3) is 3.92.